The molecule has 2 aliphatic heterocycles. The van der Waals surface area contributed by atoms with Gasteiger partial charge in [0.15, 0.2) is 0 Å². The molecule has 1 aromatic heterocycles. The van der Waals surface area contributed by atoms with Crippen LogP contribution in [-0.4, -0.2) is 46.2 Å². The number of hydrogen-bond acceptors (Lipinski definition) is 6. The van der Waals surface area contributed by atoms with Crippen LogP contribution in [0.5, 0.6) is 5.75 Å². The number of hydrogen-bond donors (Lipinski definition) is 3. The third kappa shape index (κ3) is 4.17. The quantitative estimate of drug-likeness (QED) is 0.380. The number of benzene rings is 2. The summed E-state index contributed by atoms with van der Waals surface area (Å²) in [6, 6.07) is 14.4. The Kier molecular flexibility index (Phi) is 7.13. The van der Waals surface area contributed by atoms with Crippen molar-refractivity contribution in [1.29, 1.82) is 0 Å². The predicted octanol–water partition coefficient (Wildman–Crippen LogP) is 4.45. The van der Waals surface area contributed by atoms with Gasteiger partial charge in [-0.2, -0.15) is 0 Å². The van der Waals surface area contributed by atoms with Gasteiger partial charge in [0.25, 0.3) is 5.91 Å². The Morgan fingerprint density at radius 3 is 2.76 bits per heavy atom. The predicted molar refractivity (Wildman–Crippen MR) is 140 cm³/mol. The average Bonchev–Trinajstić information content (AvgIpc) is 3.27. The van der Waals surface area contributed by atoms with Crippen LogP contribution < -0.4 is 15.8 Å². The molecule has 2 aliphatic rings. The molecule has 1 saturated heterocycles. The Morgan fingerprint density at radius 1 is 1.22 bits per heavy atom. The molecule has 0 radical (unpaired) electrons. The molecule has 1 fully saturated rings. The van der Waals surface area contributed by atoms with E-state index in [0.29, 0.717) is 23.7 Å². The molecular formula is C27H27Cl2FN4O3. The summed E-state index contributed by atoms with van der Waals surface area (Å²) < 4.78 is 21.3. The maximum absolute atomic E-state index is 15.6. The molecule has 0 bridgehead atoms. The Labute approximate surface area is 224 Å². The number of aliphatic hydroxyl groups is 1. The largest absolute Gasteiger partial charge is 0.494 e. The van der Waals surface area contributed by atoms with Gasteiger partial charge in [0.1, 0.15) is 28.1 Å². The monoisotopic (exact) mass is 544 g/mol. The number of carbonyl (C=O) groups excluding carboxylic acids is 1. The van der Waals surface area contributed by atoms with Crippen LogP contribution in [0, 0.1) is 5.82 Å². The summed E-state index contributed by atoms with van der Waals surface area (Å²) in [4.78, 5) is 20.4. The molecule has 1 spiro atoms. The fourth-order valence-electron chi connectivity index (χ4n) is 5.92. The number of fused-ring (bicyclic) bond motifs is 2. The van der Waals surface area contributed by atoms with Gasteiger partial charge < -0.3 is 20.9 Å². The SMILES string of the molecule is CCOc1cccc(CN2[C@@H](CCO)[C@@H](N)[C@H](c3cccc(Cl)c3F)[C@]23C(=O)Nc2nc(Cl)ccc23)c1. The van der Waals surface area contributed by atoms with Crippen molar-refractivity contribution in [2.24, 2.45) is 5.73 Å². The van der Waals surface area contributed by atoms with Gasteiger partial charge in [0.05, 0.1) is 11.6 Å². The Balaban J connectivity index is 1.75. The molecule has 2 aromatic carbocycles. The third-order valence-corrected chi connectivity index (χ3v) is 7.79. The summed E-state index contributed by atoms with van der Waals surface area (Å²) in [7, 11) is 0. The van der Waals surface area contributed by atoms with Crippen LogP contribution in [0.3, 0.4) is 0 Å². The van der Waals surface area contributed by atoms with Gasteiger partial charge in [0.2, 0.25) is 0 Å². The van der Waals surface area contributed by atoms with E-state index >= 15 is 4.39 Å². The second kappa shape index (κ2) is 10.2. The molecule has 0 saturated carbocycles. The molecule has 4 atom stereocenters. The number of nitrogens with two attached hydrogens (primary N) is 1. The number of rotatable bonds is 7. The number of nitrogens with zero attached hydrogens (tertiary/aromatic N) is 2. The van der Waals surface area contributed by atoms with E-state index in [1.165, 1.54) is 6.07 Å². The number of pyridine rings is 1. The molecule has 1 amide bonds. The highest BCUT2D eigenvalue weighted by Gasteiger charge is 2.66. The van der Waals surface area contributed by atoms with Crippen LogP contribution in [0.1, 0.15) is 36.0 Å². The lowest BCUT2D eigenvalue weighted by Gasteiger charge is -2.39. The van der Waals surface area contributed by atoms with E-state index in [1.54, 1.807) is 24.3 Å². The Morgan fingerprint density at radius 2 is 2.00 bits per heavy atom. The van der Waals surface area contributed by atoms with E-state index in [2.05, 4.69) is 10.3 Å². The maximum Gasteiger partial charge on any atom is 0.251 e. The molecule has 7 nitrogen and oxygen atoms in total. The minimum Gasteiger partial charge on any atom is -0.494 e. The number of ether oxygens (including phenoxy) is 1. The number of nitrogens with one attached hydrogen (secondary N) is 1. The van der Waals surface area contributed by atoms with Crippen molar-refractivity contribution in [3.05, 3.63) is 87.3 Å². The van der Waals surface area contributed by atoms with E-state index in [9.17, 15) is 9.90 Å². The van der Waals surface area contributed by atoms with Crippen molar-refractivity contribution < 1.29 is 19.0 Å². The standard InChI is InChI=1S/C27H27Cl2FN4O3/c1-2-37-16-6-3-5-15(13-16)14-34-20(11-12-35)24(31)22(17-7-4-8-19(28)23(17)30)27(34)18-9-10-21(29)32-25(18)33-26(27)36/h3-10,13,20,22,24,35H,2,11-12,14,31H2,1H3,(H,32,33,36)/t20-,22-,24+,27+/m0/s1. The van der Waals surface area contributed by atoms with E-state index in [1.807, 2.05) is 36.1 Å². The number of amides is 1. The zero-order valence-electron chi connectivity index (χ0n) is 20.1. The van der Waals surface area contributed by atoms with Crippen molar-refractivity contribution >= 4 is 34.9 Å². The Hall–Kier alpha value is -2.75. The van der Waals surface area contributed by atoms with Crippen molar-refractivity contribution in [3.8, 4) is 5.75 Å². The van der Waals surface area contributed by atoms with Gasteiger partial charge in [-0.1, -0.05) is 47.5 Å². The first kappa shape index (κ1) is 25.9. The molecule has 5 rings (SSSR count). The molecule has 37 heavy (non-hydrogen) atoms. The summed E-state index contributed by atoms with van der Waals surface area (Å²) >= 11 is 12.4. The summed E-state index contributed by atoms with van der Waals surface area (Å²) in [5.41, 5.74) is 7.08. The van der Waals surface area contributed by atoms with E-state index < -0.39 is 35.3 Å². The lowest BCUT2D eigenvalue weighted by atomic mass is 9.74. The van der Waals surface area contributed by atoms with Gasteiger partial charge in [0, 0.05) is 36.7 Å². The third-order valence-electron chi connectivity index (χ3n) is 7.29. The molecular weight excluding hydrogens is 518 g/mol. The molecule has 3 heterocycles. The highest BCUT2D eigenvalue weighted by atomic mass is 35.5. The van der Waals surface area contributed by atoms with Crippen LogP contribution in [-0.2, 0) is 16.9 Å². The Bertz CT molecular complexity index is 1340. The lowest BCUT2D eigenvalue weighted by molar-refractivity contribution is -0.128. The highest BCUT2D eigenvalue weighted by Crippen LogP contribution is 2.57. The number of likely N-dealkylation sites (tertiary alicyclic amines) is 1. The van der Waals surface area contributed by atoms with Crippen molar-refractivity contribution in [2.45, 2.75) is 43.4 Å². The van der Waals surface area contributed by atoms with Gasteiger partial charge in [-0.05, 0) is 54.8 Å². The van der Waals surface area contributed by atoms with E-state index in [4.69, 9.17) is 33.7 Å². The number of carbonyl (C=O) groups is 1. The first-order valence-corrected chi connectivity index (χ1v) is 12.9. The second-order valence-electron chi connectivity index (χ2n) is 9.24. The van der Waals surface area contributed by atoms with Crippen LogP contribution in [0.15, 0.2) is 54.6 Å². The van der Waals surface area contributed by atoms with Crippen LogP contribution >= 0.6 is 23.2 Å². The first-order valence-electron chi connectivity index (χ1n) is 12.1. The number of halogens is 3. The first-order chi connectivity index (χ1) is 17.8. The average molecular weight is 545 g/mol. The maximum atomic E-state index is 15.6. The molecule has 0 unspecified atom stereocenters. The lowest BCUT2D eigenvalue weighted by Crippen LogP contribution is -2.51. The van der Waals surface area contributed by atoms with Gasteiger partial charge in [-0.3, -0.25) is 9.69 Å². The molecule has 194 valence electrons. The van der Waals surface area contributed by atoms with Crippen LogP contribution in [0.2, 0.25) is 10.2 Å². The van der Waals surface area contributed by atoms with Gasteiger partial charge in [-0.25, -0.2) is 9.37 Å². The fourth-order valence-corrected chi connectivity index (χ4v) is 6.25. The minimum atomic E-state index is -1.43. The van der Waals surface area contributed by atoms with Crippen molar-refractivity contribution in [3.63, 3.8) is 0 Å². The summed E-state index contributed by atoms with van der Waals surface area (Å²) in [5, 5.41) is 13.0. The summed E-state index contributed by atoms with van der Waals surface area (Å²) in [6.07, 6.45) is 0.274. The van der Waals surface area contributed by atoms with Crippen LogP contribution in [0.4, 0.5) is 10.2 Å². The summed E-state index contributed by atoms with van der Waals surface area (Å²) in [6.45, 7) is 2.53. The minimum absolute atomic E-state index is 0.0608. The smallest absolute Gasteiger partial charge is 0.251 e. The zero-order chi connectivity index (χ0) is 26.3. The van der Waals surface area contributed by atoms with Gasteiger partial charge in [-0.15, -0.1) is 0 Å². The number of aromatic nitrogens is 1. The van der Waals surface area contributed by atoms with Crippen molar-refractivity contribution in [1.82, 2.24) is 9.88 Å². The number of aliphatic hydroxyl groups excluding tert-OH is 1. The topological polar surface area (TPSA) is 101 Å². The number of anilines is 1. The highest BCUT2D eigenvalue weighted by molar-refractivity contribution is 6.30. The molecule has 4 N–H and O–H groups in total. The van der Waals surface area contributed by atoms with Crippen molar-refractivity contribution in [2.75, 3.05) is 18.5 Å². The zero-order valence-corrected chi connectivity index (χ0v) is 21.6. The molecule has 0 aliphatic carbocycles. The van der Waals surface area contributed by atoms with E-state index in [0.717, 1.165) is 5.56 Å². The van der Waals surface area contributed by atoms with Crippen LogP contribution in [0.25, 0.3) is 0 Å². The summed E-state index contributed by atoms with van der Waals surface area (Å²) in [5.74, 6) is -0.857. The fraction of sp³-hybridized carbons (Fsp3) is 0.333. The second-order valence-corrected chi connectivity index (χ2v) is 10.0. The molecule has 3 aromatic rings. The van der Waals surface area contributed by atoms with Gasteiger partial charge >= 0.3 is 0 Å². The molecule has 10 heteroatoms. The van der Waals surface area contributed by atoms with E-state index in [-0.39, 0.29) is 35.3 Å². The normalized spacial score (nSPS) is 24.9.